The zero-order valence-electron chi connectivity index (χ0n) is 16.8. The largest absolute Gasteiger partial charge is 0.496 e. The van der Waals surface area contributed by atoms with Gasteiger partial charge in [-0.2, -0.15) is 13.2 Å². The fraction of sp³-hybridized carbons (Fsp3) is 0.208. The van der Waals surface area contributed by atoms with Crippen LogP contribution in [0, 0.1) is 0 Å². The summed E-state index contributed by atoms with van der Waals surface area (Å²) in [5.41, 5.74) is -0.706. The van der Waals surface area contributed by atoms with E-state index in [0.717, 1.165) is 12.1 Å². The number of hydrogen-bond acceptors (Lipinski definition) is 4. The predicted molar refractivity (Wildman–Crippen MR) is 108 cm³/mol. The maximum atomic E-state index is 13.3. The summed E-state index contributed by atoms with van der Waals surface area (Å²) in [6.07, 6.45) is -4.56. The number of carbonyl (C=O) groups is 1. The van der Waals surface area contributed by atoms with E-state index in [9.17, 15) is 18.0 Å². The van der Waals surface area contributed by atoms with Gasteiger partial charge in [-0.3, -0.25) is 4.79 Å². The molecule has 0 radical (unpaired) electrons. The highest BCUT2D eigenvalue weighted by atomic mass is 19.4. The average Bonchev–Trinajstić information content (AvgIpc) is 2.78. The summed E-state index contributed by atoms with van der Waals surface area (Å²) in [7, 11) is 2.92. The van der Waals surface area contributed by atoms with Gasteiger partial charge < -0.3 is 14.2 Å². The molecular formula is C24H19F3O4. The summed E-state index contributed by atoms with van der Waals surface area (Å²) in [5, 5.41) is 0. The summed E-state index contributed by atoms with van der Waals surface area (Å²) in [6.45, 7) is 0. The normalized spacial score (nSPS) is 18.2. The number of halogens is 3. The third-order valence-electron chi connectivity index (χ3n) is 5.39. The molecule has 0 fully saturated rings. The number of rotatable bonds is 4. The molecule has 1 aliphatic rings. The van der Waals surface area contributed by atoms with Crippen molar-refractivity contribution in [2.45, 2.75) is 18.2 Å². The Morgan fingerprint density at radius 3 is 2.13 bits per heavy atom. The van der Waals surface area contributed by atoms with Crippen LogP contribution in [0.1, 0.15) is 33.5 Å². The van der Waals surface area contributed by atoms with Crippen LogP contribution in [0.5, 0.6) is 17.2 Å². The van der Waals surface area contributed by atoms with Crippen LogP contribution in [0.3, 0.4) is 0 Å². The first kappa shape index (κ1) is 20.8. The van der Waals surface area contributed by atoms with Crippen LogP contribution in [0.4, 0.5) is 13.2 Å². The van der Waals surface area contributed by atoms with Crippen molar-refractivity contribution in [3.05, 3.63) is 89.0 Å². The lowest BCUT2D eigenvalue weighted by Crippen LogP contribution is -2.40. The molecule has 4 nitrogen and oxygen atoms in total. The van der Waals surface area contributed by atoms with E-state index in [1.54, 1.807) is 36.4 Å². The fourth-order valence-corrected chi connectivity index (χ4v) is 3.86. The van der Waals surface area contributed by atoms with E-state index < -0.39 is 17.3 Å². The third-order valence-corrected chi connectivity index (χ3v) is 5.39. The van der Waals surface area contributed by atoms with Crippen LogP contribution in [-0.2, 0) is 11.8 Å². The Hall–Kier alpha value is -3.48. The van der Waals surface area contributed by atoms with Gasteiger partial charge in [0.25, 0.3) is 0 Å². The Bertz CT molecular complexity index is 1110. The van der Waals surface area contributed by atoms with Crippen molar-refractivity contribution in [2.24, 2.45) is 0 Å². The number of benzene rings is 3. The number of carbonyl (C=O) groups excluding carboxylic acids is 1. The minimum atomic E-state index is -4.46. The third kappa shape index (κ3) is 3.60. The van der Waals surface area contributed by atoms with Crippen LogP contribution in [-0.4, -0.2) is 20.0 Å². The molecule has 31 heavy (non-hydrogen) atoms. The molecule has 1 atom stereocenters. The predicted octanol–water partition coefficient (Wildman–Crippen LogP) is 5.63. The van der Waals surface area contributed by atoms with Crippen LogP contribution in [0.15, 0.2) is 66.7 Å². The van der Waals surface area contributed by atoms with E-state index in [1.807, 2.05) is 6.07 Å². The van der Waals surface area contributed by atoms with Crippen LogP contribution in [0.25, 0.3) is 0 Å². The van der Waals surface area contributed by atoms with Crippen molar-refractivity contribution in [2.75, 3.05) is 14.2 Å². The highest BCUT2D eigenvalue weighted by molar-refractivity contribution is 6.03. The molecule has 1 unspecified atom stereocenters. The van der Waals surface area contributed by atoms with Gasteiger partial charge in [0, 0.05) is 23.3 Å². The first-order chi connectivity index (χ1) is 14.8. The average molecular weight is 428 g/mol. The number of ketones is 1. The molecule has 4 rings (SSSR count). The Labute approximate surface area is 177 Å². The molecule has 0 aliphatic carbocycles. The summed E-state index contributed by atoms with van der Waals surface area (Å²) < 4.78 is 56.3. The lowest BCUT2D eigenvalue weighted by molar-refractivity contribution is -0.137. The molecule has 3 aromatic carbocycles. The summed E-state index contributed by atoms with van der Waals surface area (Å²) in [5.74, 6) is 0.744. The molecule has 3 aromatic rings. The molecule has 0 amide bonds. The number of methoxy groups -OCH3 is 2. The van der Waals surface area contributed by atoms with Crippen molar-refractivity contribution in [3.63, 3.8) is 0 Å². The van der Waals surface area contributed by atoms with E-state index in [1.165, 1.54) is 26.4 Å². The minimum absolute atomic E-state index is 0.0991. The maximum absolute atomic E-state index is 13.3. The molecule has 0 aromatic heterocycles. The van der Waals surface area contributed by atoms with Crippen molar-refractivity contribution < 1.29 is 32.2 Å². The van der Waals surface area contributed by atoms with Gasteiger partial charge >= 0.3 is 6.18 Å². The zero-order chi connectivity index (χ0) is 22.2. The molecule has 1 aliphatic heterocycles. The Morgan fingerprint density at radius 2 is 1.55 bits per heavy atom. The fourth-order valence-electron chi connectivity index (χ4n) is 3.86. The van der Waals surface area contributed by atoms with Crippen LogP contribution < -0.4 is 14.2 Å². The molecular weight excluding hydrogens is 409 g/mol. The van der Waals surface area contributed by atoms with Crippen molar-refractivity contribution >= 4 is 5.78 Å². The second-order valence-corrected chi connectivity index (χ2v) is 7.17. The van der Waals surface area contributed by atoms with Gasteiger partial charge in [-0.25, -0.2) is 0 Å². The molecule has 0 spiro atoms. The van der Waals surface area contributed by atoms with Gasteiger partial charge in [0.15, 0.2) is 11.4 Å². The molecule has 0 saturated carbocycles. The molecule has 1 heterocycles. The molecule has 160 valence electrons. The number of alkyl halides is 3. The monoisotopic (exact) mass is 428 g/mol. The summed E-state index contributed by atoms with van der Waals surface area (Å²) in [4.78, 5) is 13.3. The molecule has 7 heteroatoms. The Kier molecular flexibility index (Phi) is 5.13. The van der Waals surface area contributed by atoms with Gasteiger partial charge in [-0.05, 0) is 12.1 Å². The Morgan fingerprint density at radius 1 is 0.903 bits per heavy atom. The highest BCUT2D eigenvalue weighted by Crippen LogP contribution is 2.48. The minimum Gasteiger partial charge on any atom is -0.496 e. The maximum Gasteiger partial charge on any atom is 0.416 e. The first-order valence-corrected chi connectivity index (χ1v) is 9.50. The van der Waals surface area contributed by atoms with Gasteiger partial charge in [0.05, 0.1) is 26.2 Å². The standard InChI is InChI=1S/C24H19F3O4/c1-29-18-12-20(30-2)22-19(28)14-23(31-21(22)13-18,15-6-4-3-5-7-15)16-8-10-17(11-9-16)24(25,26)27/h3-13H,14H2,1-2H3. The van der Waals surface area contributed by atoms with E-state index in [4.69, 9.17) is 14.2 Å². The smallest absolute Gasteiger partial charge is 0.416 e. The topological polar surface area (TPSA) is 44.8 Å². The quantitative estimate of drug-likeness (QED) is 0.540. The van der Waals surface area contributed by atoms with E-state index in [0.29, 0.717) is 22.6 Å². The first-order valence-electron chi connectivity index (χ1n) is 9.50. The lowest BCUT2D eigenvalue weighted by atomic mass is 9.78. The molecule has 0 saturated heterocycles. The van der Waals surface area contributed by atoms with Gasteiger partial charge in [0.2, 0.25) is 0 Å². The number of hydrogen-bond donors (Lipinski definition) is 0. The highest BCUT2D eigenvalue weighted by Gasteiger charge is 2.45. The second-order valence-electron chi connectivity index (χ2n) is 7.17. The van der Waals surface area contributed by atoms with Gasteiger partial charge in [-0.1, -0.05) is 42.5 Å². The van der Waals surface area contributed by atoms with E-state index in [2.05, 4.69) is 0 Å². The van der Waals surface area contributed by atoms with Crippen molar-refractivity contribution in [3.8, 4) is 17.2 Å². The van der Waals surface area contributed by atoms with E-state index >= 15 is 0 Å². The number of fused-ring (bicyclic) bond motifs is 1. The zero-order valence-corrected chi connectivity index (χ0v) is 16.8. The van der Waals surface area contributed by atoms with Crippen molar-refractivity contribution in [1.29, 1.82) is 0 Å². The molecule has 0 N–H and O–H groups in total. The Balaban J connectivity index is 1.91. The van der Waals surface area contributed by atoms with Gasteiger partial charge in [-0.15, -0.1) is 0 Å². The lowest BCUT2D eigenvalue weighted by Gasteiger charge is -2.39. The number of Topliss-reactive ketones (excluding diaryl/α,β-unsaturated/α-hetero) is 1. The van der Waals surface area contributed by atoms with Crippen LogP contribution in [0.2, 0.25) is 0 Å². The van der Waals surface area contributed by atoms with Crippen LogP contribution >= 0.6 is 0 Å². The van der Waals surface area contributed by atoms with Gasteiger partial charge in [0.1, 0.15) is 22.8 Å². The SMILES string of the molecule is COc1cc(OC)c2c(c1)OC(c1ccccc1)(c1ccc(C(F)(F)F)cc1)CC2=O. The second kappa shape index (κ2) is 7.65. The van der Waals surface area contributed by atoms with E-state index in [-0.39, 0.29) is 23.5 Å². The summed E-state index contributed by atoms with van der Waals surface area (Å²) >= 11 is 0. The van der Waals surface area contributed by atoms with Crippen molar-refractivity contribution in [1.82, 2.24) is 0 Å². The summed E-state index contributed by atoms with van der Waals surface area (Å²) in [6, 6.07) is 16.8. The molecule has 0 bridgehead atoms. The number of ether oxygens (including phenoxy) is 3.